The van der Waals surface area contributed by atoms with Gasteiger partial charge in [0.1, 0.15) is 0 Å². The second kappa shape index (κ2) is 7.99. The Labute approximate surface area is 138 Å². The zero-order chi connectivity index (χ0) is 16.8. The van der Waals surface area contributed by atoms with E-state index in [2.05, 4.69) is 15.5 Å². The van der Waals surface area contributed by atoms with E-state index in [1.165, 1.54) is 0 Å². The minimum Gasteiger partial charge on any atom is -0.371 e. The number of hydrogen-bond acceptors (Lipinski definition) is 3. The van der Waals surface area contributed by atoms with Crippen LogP contribution in [0, 0.1) is 11.8 Å². The SMILES string of the molecule is CCNC(=O)C1CCN(c2ccc(NC(=O)C(C)C)cc2)CC1. The maximum atomic E-state index is 11.9. The maximum absolute atomic E-state index is 11.9. The lowest BCUT2D eigenvalue weighted by atomic mass is 9.95. The van der Waals surface area contributed by atoms with E-state index in [0.717, 1.165) is 37.3 Å². The lowest BCUT2D eigenvalue weighted by molar-refractivity contribution is -0.125. The molecule has 5 nitrogen and oxygen atoms in total. The van der Waals surface area contributed by atoms with Crippen molar-refractivity contribution >= 4 is 23.2 Å². The number of rotatable bonds is 5. The predicted octanol–water partition coefficient (Wildman–Crippen LogP) is 2.63. The smallest absolute Gasteiger partial charge is 0.226 e. The number of hydrogen-bond donors (Lipinski definition) is 2. The molecule has 1 fully saturated rings. The predicted molar refractivity (Wildman–Crippen MR) is 93.5 cm³/mol. The average Bonchev–Trinajstić information content (AvgIpc) is 2.56. The van der Waals surface area contributed by atoms with Gasteiger partial charge in [0, 0.05) is 42.8 Å². The fourth-order valence-corrected chi connectivity index (χ4v) is 2.76. The van der Waals surface area contributed by atoms with Crippen LogP contribution in [0.3, 0.4) is 0 Å². The first-order valence-electron chi connectivity index (χ1n) is 8.44. The third-order valence-electron chi connectivity index (χ3n) is 4.24. The minimum absolute atomic E-state index is 0.0250. The van der Waals surface area contributed by atoms with Crippen LogP contribution in [0.15, 0.2) is 24.3 Å². The van der Waals surface area contributed by atoms with Crippen molar-refractivity contribution in [3.8, 4) is 0 Å². The summed E-state index contributed by atoms with van der Waals surface area (Å²) in [6.07, 6.45) is 1.77. The average molecular weight is 317 g/mol. The highest BCUT2D eigenvalue weighted by molar-refractivity contribution is 5.92. The molecule has 1 aliphatic heterocycles. The topological polar surface area (TPSA) is 61.4 Å². The number of amides is 2. The second-order valence-corrected chi connectivity index (χ2v) is 6.35. The van der Waals surface area contributed by atoms with Crippen molar-refractivity contribution < 1.29 is 9.59 Å². The summed E-state index contributed by atoms with van der Waals surface area (Å²) in [6, 6.07) is 7.93. The largest absolute Gasteiger partial charge is 0.371 e. The van der Waals surface area contributed by atoms with Gasteiger partial charge in [0.2, 0.25) is 11.8 Å². The first-order chi connectivity index (χ1) is 11.0. The fraction of sp³-hybridized carbons (Fsp3) is 0.556. The van der Waals surface area contributed by atoms with E-state index in [1.54, 1.807) is 0 Å². The van der Waals surface area contributed by atoms with Crippen molar-refractivity contribution in [2.24, 2.45) is 11.8 Å². The summed E-state index contributed by atoms with van der Waals surface area (Å²) >= 11 is 0. The van der Waals surface area contributed by atoms with Gasteiger partial charge in [0.15, 0.2) is 0 Å². The molecule has 1 aromatic carbocycles. The molecule has 2 rings (SSSR count). The van der Waals surface area contributed by atoms with Crippen LogP contribution >= 0.6 is 0 Å². The Morgan fingerprint density at radius 1 is 1.17 bits per heavy atom. The maximum Gasteiger partial charge on any atom is 0.226 e. The summed E-state index contributed by atoms with van der Waals surface area (Å²) in [6.45, 7) is 8.18. The van der Waals surface area contributed by atoms with Gasteiger partial charge in [-0.2, -0.15) is 0 Å². The Balaban J connectivity index is 1.89. The quantitative estimate of drug-likeness (QED) is 0.877. The summed E-state index contributed by atoms with van der Waals surface area (Å²) in [7, 11) is 0. The van der Waals surface area contributed by atoms with Crippen LogP contribution in [0.5, 0.6) is 0 Å². The van der Waals surface area contributed by atoms with Gasteiger partial charge in [-0.05, 0) is 44.0 Å². The Kier molecular flexibility index (Phi) is 6.02. The van der Waals surface area contributed by atoms with Gasteiger partial charge < -0.3 is 15.5 Å². The molecule has 0 saturated carbocycles. The molecule has 0 atom stereocenters. The third kappa shape index (κ3) is 4.71. The monoisotopic (exact) mass is 317 g/mol. The number of benzene rings is 1. The highest BCUT2D eigenvalue weighted by atomic mass is 16.2. The van der Waals surface area contributed by atoms with Gasteiger partial charge in [0.05, 0.1) is 0 Å². The fourth-order valence-electron chi connectivity index (χ4n) is 2.76. The van der Waals surface area contributed by atoms with Crippen molar-refractivity contribution in [1.29, 1.82) is 0 Å². The number of piperidine rings is 1. The molecule has 2 N–H and O–H groups in total. The van der Waals surface area contributed by atoms with E-state index in [-0.39, 0.29) is 23.7 Å². The number of carbonyl (C=O) groups excluding carboxylic acids is 2. The van der Waals surface area contributed by atoms with E-state index in [1.807, 2.05) is 45.0 Å². The van der Waals surface area contributed by atoms with Gasteiger partial charge >= 0.3 is 0 Å². The van der Waals surface area contributed by atoms with E-state index in [0.29, 0.717) is 6.54 Å². The molecule has 0 unspecified atom stereocenters. The Morgan fingerprint density at radius 2 is 1.78 bits per heavy atom. The Hall–Kier alpha value is -2.04. The number of nitrogens with one attached hydrogen (secondary N) is 2. The normalized spacial score (nSPS) is 15.6. The molecule has 23 heavy (non-hydrogen) atoms. The van der Waals surface area contributed by atoms with E-state index < -0.39 is 0 Å². The van der Waals surface area contributed by atoms with Gasteiger partial charge in [-0.3, -0.25) is 9.59 Å². The van der Waals surface area contributed by atoms with Crippen LogP contribution in [0.1, 0.15) is 33.6 Å². The molecule has 5 heteroatoms. The standard InChI is InChI=1S/C18H27N3O2/c1-4-19-18(23)14-9-11-21(12-10-14)16-7-5-15(6-8-16)20-17(22)13(2)3/h5-8,13-14H,4,9-12H2,1-3H3,(H,19,23)(H,20,22). The van der Waals surface area contributed by atoms with E-state index >= 15 is 0 Å². The number of nitrogens with zero attached hydrogens (tertiary/aromatic N) is 1. The molecule has 2 amide bonds. The van der Waals surface area contributed by atoms with E-state index in [9.17, 15) is 9.59 Å². The number of carbonyl (C=O) groups is 2. The number of anilines is 2. The van der Waals surface area contributed by atoms with Crippen molar-refractivity contribution in [2.45, 2.75) is 33.6 Å². The van der Waals surface area contributed by atoms with Crippen LogP contribution in [0.2, 0.25) is 0 Å². The summed E-state index contributed by atoms with van der Waals surface area (Å²) in [4.78, 5) is 25.9. The summed E-state index contributed by atoms with van der Waals surface area (Å²) in [5, 5.41) is 5.80. The van der Waals surface area contributed by atoms with Crippen molar-refractivity contribution in [3.05, 3.63) is 24.3 Å². The van der Waals surface area contributed by atoms with Crippen LogP contribution in [-0.2, 0) is 9.59 Å². The molecule has 0 spiro atoms. The van der Waals surface area contributed by atoms with Crippen LogP contribution in [0.25, 0.3) is 0 Å². The van der Waals surface area contributed by atoms with Crippen molar-refractivity contribution in [2.75, 3.05) is 29.9 Å². The summed E-state index contributed by atoms with van der Waals surface area (Å²) in [5.74, 6) is 0.318. The van der Waals surface area contributed by atoms with Crippen LogP contribution in [0.4, 0.5) is 11.4 Å². The van der Waals surface area contributed by atoms with Gasteiger partial charge in [-0.15, -0.1) is 0 Å². The Morgan fingerprint density at radius 3 is 2.30 bits per heavy atom. The van der Waals surface area contributed by atoms with Crippen LogP contribution in [-0.4, -0.2) is 31.4 Å². The first-order valence-corrected chi connectivity index (χ1v) is 8.44. The molecule has 0 aliphatic carbocycles. The molecule has 1 aliphatic rings. The molecule has 0 aromatic heterocycles. The van der Waals surface area contributed by atoms with Gasteiger partial charge in [0.25, 0.3) is 0 Å². The zero-order valence-corrected chi connectivity index (χ0v) is 14.3. The highest BCUT2D eigenvalue weighted by Gasteiger charge is 2.24. The molecule has 1 saturated heterocycles. The third-order valence-corrected chi connectivity index (χ3v) is 4.24. The van der Waals surface area contributed by atoms with E-state index in [4.69, 9.17) is 0 Å². The molecule has 1 aromatic rings. The molecule has 0 radical (unpaired) electrons. The Bertz CT molecular complexity index is 532. The molecule has 0 bridgehead atoms. The van der Waals surface area contributed by atoms with Gasteiger partial charge in [-0.1, -0.05) is 13.8 Å². The van der Waals surface area contributed by atoms with Crippen molar-refractivity contribution in [1.82, 2.24) is 5.32 Å². The molecular formula is C18H27N3O2. The lowest BCUT2D eigenvalue weighted by Crippen LogP contribution is -2.40. The minimum atomic E-state index is -0.0250. The summed E-state index contributed by atoms with van der Waals surface area (Å²) in [5.41, 5.74) is 1.96. The van der Waals surface area contributed by atoms with Crippen molar-refractivity contribution in [3.63, 3.8) is 0 Å². The molecular weight excluding hydrogens is 290 g/mol. The molecule has 126 valence electrons. The highest BCUT2D eigenvalue weighted by Crippen LogP contribution is 2.24. The zero-order valence-electron chi connectivity index (χ0n) is 14.3. The second-order valence-electron chi connectivity index (χ2n) is 6.35. The van der Waals surface area contributed by atoms with Crippen LogP contribution < -0.4 is 15.5 Å². The molecule has 1 heterocycles. The van der Waals surface area contributed by atoms with Gasteiger partial charge in [-0.25, -0.2) is 0 Å². The first kappa shape index (κ1) is 17.3. The lowest BCUT2D eigenvalue weighted by Gasteiger charge is -2.33. The summed E-state index contributed by atoms with van der Waals surface area (Å²) < 4.78 is 0.